The number of carbonyl (C=O) groups excluding carboxylic acids is 1. The van der Waals surface area contributed by atoms with Crippen molar-refractivity contribution in [2.24, 2.45) is 7.05 Å². The molecule has 0 aromatic carbocycles. The second-order valence-electron chi connectivity index (χ2n) is 6.63. The lowest BCUT2D eigenvalue weighted by Crippen LogP contribution is -2.38. The maximum Gasteiger partial charge on any atom is 0.324 e. The van der Waals surface area contributed by atoms with Crippen LogP contribution in [0.1, 0.15) is 42.4 Å². The second kappa shape index (κ2) is 7.47. The van der Waals surface area contributed by atoms with Gasteiger partial charge in [-0.25, -0.2) is 9.78 Å². The van der Waals surface area contributed by atoms with Crippen LogP contribution in [0.2, 0.25) is 0 Å². The molecule has 4 heterocycles. The average Bonchev–Trinajstić information content (AvgIpc) is 3.33. The summed E-state index contributed by atoms with van der Waals surface area (Å²) < 4.78 is 7.11. The summed E-state index contributed by atoms with van der Waals surface area (Å²) >= 11 is 1.46. The van der Waals surface area contributed by atoms with Gasteiger partial charge in [0.2, 0.25) is 0 Å². The highest BCUT2D eigenvalue weighted by Gasteiger charge is 2.31. The fraction of sp³-hybridized carbons (Fsp3) is 0.471. The molecule has 0 bridgehead atoms. The minimum atomic E-state index is -0.220. The SMILES string of the molecule is Cc1cnc(NC(=O)N2CCCCCC2c2noc(-c3cnn(C)c3)n2)s1. The van der Waals surface area contributed by atoms with Gasteiger partial charge in [0.15, 0.2) is 11.0 Å². The topological polar surface area (TPSA) is 102 Å². The van der Waals surface area contributed by atoms with E-state index >= 15 is 0 Å². The first kappa shape index (κ1) is 17.7. The van der Waals surface area contributed by atoms with Crippen LogP contribution in [-0.4, -0.2) is 42.4 Å². The van der Waals surface area contributed by atoms with Crippen molar-refractivity contribution in [2.75, 3.05) is 11.9 Å². The second-order valence-corrected chi connectivity index (χ2v) is 7.86. The summed E-state index contributed by atoms with van der Waals surface area (Å²) in [4.78, 5) is 24.5. The molecule has 3 aromatic heterocycles. The van der Waals surface area contributed by atoms with Gasteiger partial charge < -0.3 is 9.42 Å². The van der Waals surface area contributed by atoms with E-state index in [1.807, 2.05) is 20.2 Å². The van der Waals surface area contributed by atoms with Crippen LogP contribution in [0, 0.1) is 6.92 Å². The van der Waals surface area contributed by atoms with Crippen LogP contribution in [0.15, 0.2) is 23.1 Å². The van der Waals surface area contributed by atoms with Gasteiger partial charge in [0.05, 0.1) is 17.8 Å². The molecule has 1 fully saturated rings. The fourth-order valence-electron chi connectivity index (χ4n) is 3.21. The Bertz CT molecular complexity index is 931. The molecule has 3 aromatic rings. The van der Waals surface area contributed by atoms with Crippen LogP contribution in [0.3, 0.4) is 0 Å². The number of rotatable bonds is 3. The lowest BCUT2D eigenvalue weighted by atomic mass is 10.1. The summed E-state index contributed by atoms with van der Waals surface area (Å²) in [5.74, 6) is 0.944. The average molecular weight is 387 g/mol. The van der Waals surface area contributed by atoms with Crippen LogP contribution < -0.4 is 5.32 Å². The van der Waals surface area contributed by atoms with Gasteiger partial charge in [0.1, 0.15) is 0 Å². The summed E-state index contributed by atoms with van der Waals surface area (Å²) in [6, 6.07) is -0.397. The monoisotopic (exact) mass is 387 g/mol. The molecular weight excluding hydrogens is 366 g/mol. The molecule has 27 heavy (non-hydrogen) atoms. The largest absolute Gasteiger partial charge is 0.334 e. The summed E-state index contributed by atoms with van der Waals surface area (Å²) in [6.45, 7) is 2.61. The van der Waals surface area contributed by atoms with Crippen LogP contribution >= 0.6 is 11.3 Å². The Morgan fingerprint density at radius 2 is 2.22 bits per heavy atom. The number of amides is 2. The van der Waals surface area contributed by atoms with E-state index in [1.165, 1.54) is 11.3 Å². The number of anilines is 1. The van der Waals surface area contributed by atoms with E-state index < -0.39 is 0 Å². The smallest absolute Gasteiger partial charge is 0.324 e. The number of hydrogen-bond donors (Lipinski definition) is 1. The number of urea groups is 1. The van der Waals surface area contributed by atoms with E-state index in [1.54, 1.807) is 22.0 Å². The Morgan fingerprint density at radius 1 is 1.33 bits per heavy atom. The van der Waals surface area contributed by atoms with Gasteiger partial charge in [-0.05, 0) is 19.8 Å². The number of thiazole rings is 1. The molecule has 0 spiro atoms. The predicted octanol–water partition coefficient (Wildman–Crippen LogP) is 3.38. The summed E-state index contributed by atoms with van der Waals surface area (Å²) in [6.07, 6.45) is 9.09. The fourth-order valence-corrected chi connectivity index (χ4v) is 3.87. The third-order valence-electron chi connectivity index (χ3n) is 4.54. The predicted molar refractivity (Wildman–Crippen MR) is 100 cm³/mol. The minimum absolute atomic E-state index is 0.177. The maximum absolute atomic E-state index is 12.9. The van der Waals surface area contributed by atoms with E-state index in [4.69, 9.17) is 4.52 Å². The summed E-state index contributed by atoms with van der Waals surface area (Å²) in [7, 11) is 1.83. The molecular formula is C17H21N7O2S. The standard InChI is InChI=1S/C17H21N7O2S/c1-11-8-18-16(27-11)21-17(25)24-7-5-3-4-6-13(24)14-20-15(26-22-14)12-9-19-23(2)10-12/h8-10,13H,3-7H2,1-2H3,(H,18,21,25). The third kappa shape index (κ3) is 3.85. The highest BCUT2D eigenvalue weighted by atomic mass is 32.1. The Morgan fingerprint density at radius 3 is 2.96 bits per heavy atom. The number of aryl methyl sites for hydroxylation is 2. The molecule has 1 atom stereocenters. The first-order valence-corrected chi connectivity index (χ1v) is 9.74. The minimum Gasteiger partial charge on any atom is -0.334 e. The molecule has 1 aliphatic rings. The molecule has 10 heteroatoms. The van der Waals surface area contributed by atoms with Gasteiger partial charge in [-0.15, -0.1) is 11.3 Å². The quantitative estimate of drug-likeness (QED) is 0.739. The number of nitrogens with zero attached hydrogens (tertiary/aromatic N) is 6. The number of carbonyl (C=O) groups is 1. The van der Waals surface area contributed by atoms with Crippen molar-refractivity contribution in [3.8, 4) is 11.5 Å². The van der Waals surface area contributed by atoms with Crippen molar-refractivity contribution in [1.29, 1.82) is 0 Å². The number of likely N-dealkylation sites (tertiary alicyclic amines) is 1. The van der Waals surface area contributed by atoms with Crippen molar-refractivity contribution in [3.63, 3.8) is 0 Å². The Kier molecular flexibility index (Phi) is 4.88. The van der Waals surface area contributed by atoms with E-state index in [-0.39, 0.29) is 12.1 Å². The van der Waals surface area contributed by atoms with Crippen molar-refractivity contribution in [1.82, 2.24) is 29.8 Å². The molecule has 1 N–H and O–H groups in total. The van der Waals surface area contributed by atoms with E-state index in [0.717, 1.165) is 36.1 Å². The van der Waals surface area contributed by atoms with Crippen LogP contribution in [0.4, 0.5) is 9.93 Å². The Hall–Kier alpha value is -2.75. The van der Waals surface area contributed by atoms with Gasteiger partial charge in [0.25, 0.3) is 5.89 Å². The van der Waals surface area contributed by atoms with E-state index in [2.05, 4.69) is 25.5 Å². The van der Waals surface area contributed by atoms with Gasteiger partial charge in [-0.3, -0.25) is 10.00 Å². The lowest BCUT2D eigenvalue weighted by Gasteiger charge is -2.27. The van der Waals surface area contributed by atoms with E-state index in [9.17, 15) is 4.79 Å². The Balaban J connectivity index is 1.56. The zero-order chi connectivity index (χ0) is 18.8. The molecule has 142 valence electrons. The van der Waals surface area contributed by atoms with Crippen molar-refractivity contribution in [2.45, 2.75) is 38.6 Å². The van der Waals surface area contributed by atoms with Crippen LogP contribution in [0.25, 0.3) is 11.5 Å². The first-order valence-electron chi connectivity index (χ1n) is 8.93. The highest BCUT2D eigenvalue weighted by molar-refractivity contribution is 7.15. The maximum atomic E-state index is 12.9. The third-order valence-corrected chi connectivity index (χ3v) is 5.37. The molecule has 1 unspecified atom stereocenters. The van der Waals surface area contributed by atoms with E-state index in [0.29, 0.717) is 23.4 Å². The molecule has 2 amide bonds. The van der Waals surface area contributed by atoms with Gasteiger partial charge in [-0.1, -0.05) is 18.0 Å². The number of aromatic nitrogens is 5. The van der Waals surface area contributed by atoms with Crippen LogP contribution in [-0.2, 0) is 7.05 Å². The molecule has 1 saturated heterocycles. The van der Waals surface area contributed by atoms with Crippen molar-refractivity contribution >= 4 is 22.5 Å². The normalized spacial score (nSPS) is 17.7. The number of hydrogen-bond acceptors (Lipinski definition) is 7. The molecule has 0 radical (unpaired) electrons. The van der Waals surface area contributed by atoms with Gasteiger partial charge in [0, 0.05) is 30.9 Å². The highest BCUT2D eigenvalue weighted by Crippen LogP contribution is 2.30. The van der Waals surface area contributed by atoms with Crippen molar-refractivity contribution < 1.29 is 9.32 Å². The van der Waals surface area contributed by atoms with Crippen LogP contribution in [0.5, 0.6) is 0 Å². The zero-order valence-electron chi connectivity index (χ0n) is 15.3. The molecule has 4 rings (SSSR count). The summed E-state index contributed by atoms with van der Waals surface area (Å²) in [5.41, 5.74) is 0.763. The molecule has 0 saturated carbocycles. The molecule has 1 aliphatic heterocycles. The Labute approximate surface area is 160 Å². The molecule has 9 nitrogen and oxygen atoms in total. The first-order chi connectivity index (χ1) is 13.1. The van der Waals surface area contributed by atoms with Crippen molar-refractivity contribution in [3.05, 3.63) is 29.3 Å². The zero-order valence-corrected chi connectivity index (χ0v) is 16.1. The lowest BCUT2D eigenvalue weighted by molar-refractivity contribution is 0.185. The van der Waals surface area contributed by atoms with Gasteiger partial charge >= 0.3 is 6.03 Å². The molecule has 0 aliphatic carbocycles. The summed E-state index contributed by atoms with van der Waals surface area (Å²) in [5, 5.41) is 11.8. The van der Waals surface area contributed by atoms with Gasteiger partial charge in [-0.2, -0.15) is 10.1 Å². The number of nitrogens with one attached hydrogen (secondary N) is 1.